The van der Waals surface area contributed by atoms with Gasteiger partial charge in [-0.2, -0.15) is 4.98 Å². The number of hydrogen-bond acceptors (Lipinski definition) is 8. The molecule has 2 aliphatic rings. The van der Waals surface area contributed by atoms with E-state index >= 15 is 0 Å². The molecule has 0 spiro atoms. The molecular formula is C25H26N6O4. The van der Waals surface area contributed by atoms with Crippen molar-refractivity contribution in [1.29, 1.82) is 0 Å². The maximum atomic E-state index is 13.2. The third-order valence-electron chi connectivity index (χ3n) is 6.83. The Morgan fingerprint density at radius 1 is 0.943 bits per heavy atom. The molecule has 2 aromatic heterocycles. The van der Waals surface area contributed by atoms with Crippen LogP contribution in [-0.4, -0.2) is 76.2 Å². The van der Waals surface area contributed by atoms with E-state index in [0.717, 1.165) is 0 Å². The fraction of sp³-hybridized carbons (Fsp3) is 0.360. The topological polar surface area (TPSA) is 119 Å². The standard InChI is InChI=1S/C25H26N6O4/c32-17-7-9-31(10-8-17)25-27-20-6-5-16(15-21(20)35-25)23(34)29-11-13-30(14-12-29)24-26-19-4-2-1-3-18(19)22(33)28-24/h1-6,15,17,32H,7-14H2,(H,26,28,33). The number of amides is 1. The number of carbonyl (C=O) groups excluding carboxylic acids is 1. The van der Waals surface area contributed by atoms with Crippen LogP contribution in [0.1, 0.15) is 23.2 Å². The van der Waals surface area contributed by atoms with Crippen LogP contribution in [0, 0.1) is 0 Å². The number of H-pyrrole nitrogens is 1. The highest BCUT2D eigenvalue weighted by Gasteiger charge is 2.25. The fourth-order valence-corrected chi connectivity index (χ4v) is 4.77. The minimum absolute atomic E-state index is 0.0643. The summed E-state index contributed by atoms with van der Waals surface area (Å²) in [5.41, 5.74) is 2.34. The van der Waals surface area contributed by atoms with Crippen LogP contribution >= 0.6 is 0 Å². The number of para-hydroxylation sites is 1. The molecule has 4 heterocycles. The number of rotatable bonds is 3. The number of piperidine rings is 1. The number of nitrogens with zero attached hydrogens (tertiary/aromatic N) is 5. The van der Waals surface area contributed by atoms with E-state index in [9.17, 15) is 14.7 Å². The molecule has 0 saturated carbocycles. The first-order chi connectivity index (χ1) is 17.0. The molecule has 0 bridgehead atoms. The summed E-state index contributed by atoms with van der Waals surface area (Å²) in [5, 5.41) is 10.3. The fourth-order valence-electron chi connectivity index (χ4n) is 4.77. The SMILES string of the molecule is O=C(c1ccc2nc(N3CCC(O)CC3)oc2c1)N1CCN(c2nc3ccccc3c(=O)[nH]2)CC1. The molecule has 1 amide bonds. The minimum atomic E-state index is -0.266. The van der Waals surface area contributed by atoms with E-state index in [1.165, 1.54) is 0 Å². The lowest BCUT2D eigenvalue weighted by atomic mass is 10.1. The van der Waals surface area contributed by atoms with E-state index in [0.29, 0.717) is 91.6 Å². The van der Waals surface area contributed by atoms with Gasteiger partial charge in [0.05, 0.1) is 17.0 Å². The molecule has 6 rings (SSSR count). The van der Waals surface area contributed by atoms with E-state index in [2.05, 4.69) is 15.0 Å². The summed E-state index contributed by atoms with van der Waals surface area (Å²) in [6.07, 6.45) is 1.12. The third-order valence-corrected chi connectivity index (χ3v) is 6.83. The normalized spacial score (nSPS) is 17.5. The highest BCUT2D eigenvalue weighted by atomic mass is 16.4. The van der Waals surface area contributed by atoms with Crippen molar-refractivity contribution in [3.8, 4) is 0 Å². The highest BCUT2D eigenvalue weighted by Crippen LogP contribution is 2.26. The number of benzene rings is 2. The van der Waals surface area contributed by atoms with E-state index in [4.69, 9.17) is 4.42 Å². The molecule has 180 valence electrons. The van der Waals surface area contributed by atoms with Gasteiger partial charge in [-0.1, -0.05) is 12.1 Å². The summed E-state index contributed by atoms with van der Waals surface area (Å²) >= 11 is 0. The lowest BCUT2D eigenvalue weighted by Crippen LogP contribution is -2.49. The quantitative estimate of drug-likeness (QED) is 0.463. The van der Waals surface area contributed by atoms with Crippen molar-refractivity contribution < 1.29 is 14.3 Å². The largest absolute Gasteiger partial charge is 0.423 e. The Bertz CT molecular complexity index is 1450. The summed E-state index contributed by atoms with van der Waals surface area (Å²) in [6, 6.07) is 13.1. The second-order valence-corrected chi connectivity index (χ2v) is 9.08. The molecule has 0 aliphatic carbocycles. The first-order valence-corrected chi connectivity index (χ1v) is 11.9. The average Bonchev–Trinajstić information content (AvgIpc) is 3.32. The Hall–Kier alpha value is -3.92. The van der Waals surface area contributed by atoms with Gasteiger partial charge in [0.2, 0.25) is 5.95 Å². The molecule has 0 atom stereocenters. The summed E-state index contributed by atoms with van der Waals surface area (Å²) in [5.74, 6) is 0.465. The van der Waals surface area contributed by atoms with Crippen LogP contribution in [-0.2, 0) is 0 Å². The zero-order valence-corrected chi connectivity index (χ0v) is 19.2. The summed E-state index contributed by atoms with van der Waals surface area (Å²) in [6.45, 7) is 3.57. The Morgan fingerprint density at radius 2 is 1.71 bits per heavy atom. The van der Waals surface area contributed by atoms with Gasteiger partial charge in [-0.3, -0.25) is 14.6 Å². The zero-order valence-electron chi connectivity index (χ0n) is 19.2. The van der Waals surface area contributed by atoms with Crippen LogP contribution in [0.2, 0.25) is 0 Å². The number of hydrogen-bond donors (Lipinski definition) is 2. The maximum Gasteiger partial charge on any atom is 0.298 e. The summed E-state index contributed by atoms with van der Waals surface area (Å²) < 4.78 is 5.95. The van der Waals surface area contributed by atoms with E-state index in [-0.39, 0.29) is 17.6 Å². The third kappa shape index (κ3) is 4.10. The lowest BCUT2D eigenvalue weighted by molar-refractivity contribution is 0.0746. The molecule has 0 unspecified atom stereocenters. The van der Waals surface area contributed by atoms with Gasteiger partial charge in [0.1, 0.15) is 5.52 Å². The van der Waals surface area contributed by atoms with E-state index < -0.39 is 0 Å². The molecule has 4 aromatic rings. The van der Waals surface area contributed by atoms with Crippen molar-refractivity contribution in [2.75, 3.05) is 49.1 Å². The van der Waals surface area contributed by atoms with Gasteiger partial charge in [-0.15, -0.1) is 0 Å². The van der Waals surface area contributed by atoms with Gasteiger partial charge >= 0.3 is 0 Å². The van der Waals surface area contributed by atoms with Crippen LogP contribution in [0.25, 0.3) is 22.0 Å². The van der Waals surface area contributed by atoms with Crippen molar-refractivity contribution in [2.45, 2.75) is 18.9 Å². The van der Waals surface area contributed by atoms with Crippen LogP contribution in [0.4, 0.5) is 12.0 Å². The van der Waals surface area contributed by atoms with Crippen LogP contribution in [0.15, 0.2) is 51.7 Å². The van der Waals surface area contributed by atoms with Crippen molar-refractivity contribution in [1.82, 2.24) is 19.9 Å². The van der Waals surface area contributed by atoms with Crippen LogP contribution < -0.4 is 15.4 Å². The maximum absolute atomic E-state index is 13.2. The predicted molar refractivity (Wildman–Crippen MR) is 132 cm³/mol. The lowest BCUT2D eigenvalue weighted by Gasteiger charge is -2.35. The first kappa shape index (κ1) is 21.6. The second-order valence-electron chi connectivity index (χ2n) is 9.08. The van der Waals surface area contributed by atoms with E-state index in [1.54, 1.807) is 23.1 Å². The molecule has 2 fully saturated rings. The van der Waals surface area contributed by atoms with Crippen molar-refractivity contribution in [3.05, 3.63) is 58.4 Å². The number of piperazine rings is 1. The molecule has 2 aliphatic heterocycles. The predicted octanol–water partition coefficient (Wildman–Crippen LogP) is 1.99. The van der Waals surface area contributed by atoms with Crippen molar-refractivity contribution in [2.24, 2.45) is 0 Å². The monoisotopic (exact) mass is 474 g/mol. The number of aliphatic hydroxyl groups is 1. The Morgan fingerprint density at radius 3 is 2.51 bits per heavy atom. The molecule has 2 saturated heterocycles. The minimum Gasteiger partial charge on any atom is -0.423 e. The number of aromatic nitrogens is 3. The number of oxazole rings is 1. The second kappa shape index (κ2) is 8.70. The molecular weight excluding hydrogens is 448 g/mol. The number of aromatic amines is 1. The number of nitrogens with one attached hydrogen (secondary N) is 1. The first-order valence-electron chi connectivity index (χ1n) is 11.9. The number of anilines is 2. The van der Waals surface area contributed by atoms with Gasteiger partial charge < -0.3 is 24.2 Å². The number of fused-ring (bicyclic) bond motifs is 2. The van der Waals surface area contributed by atoms with Gasteiger partial charge in [-0.25, -0.2) is 4.98 Å². The average molecular weight is 475 g/mol. The van der Waals surface area contributed by atoms with Crippen LogP contribution in [0.3, 0.4) is 0 Å². The summed E-state index contributed by atoms with van der Waals surface area (Å²) in [7, 11) is 0. The van der Waals surface area contributed by atoms with Gasteiger partial charge in [0, 0.05) is 44.8 Å². The Labute approximate surface area is 200 Å². The molecule has 35 heavy (non-hydrogen) atoms. The van der Waals surface area contributed by atoms with Crippen molar-refractivity contribution >= 4 is 39.9 Å². The molecule has 2 aromatic carbocycles. The van der Waals surface area contributed by atoms with Crippen LogP contribution in [0.5, 0.6) is 0 Å². The van der Waals surface area contributed by atoms with Crippen molar-refractivity contribution in [3.63, 3.8) is 0 Å². The Kier molecular flexibility index (Phi) is 5.37. The number of carbonyl (C=O) groups is 1. The summed E-state index contributed by atoms with van der Waals surface area (Å²) in [4.78, 5) is 43.5. The van der Waals surface area contributed by atoms with Gasteiger partial charge in [-0.05, 0) is 43.2 Å². The Balaban J connectivity index is 1.15. The smallest absolute Gasteiger partial charge is 0.298 e. The van der Waals surface area contributed by atoms with Gasteiger partial charge in [0.15, 0.2) is 5.58 Å². The molecule has 10 nitrogen and oxygen atoms in total. The van der Waals surface area contributed by atoms with E-state index in [1.807, 2.05) is 34.1 Å². The molecule has 0 radical (unpaired) electrons. The zero-order chi connectivity index (χ0) is 23.9. The van der Waals surface area contributed by atoms with Gasteiger partial charge in [0.25, 0.3) is 17.5 Å². The number of aliphatic hydroxyl groups excluding tert-OH is 1. The highest BCUT2D eigenvalue weighted by molar-refractivity contribution is 5.97. The molecule has 10 heteroatoms. The molecule has 2 N–H and O–H groups in total.